The number of halogens is 2. The molecule has 2 aromatic rings. The number of thiocarbonyl (C=S) groups is 1. The van der Waals surface area contributed by atoms with Crippen molar-refractivity contribution in [1.29, 1.82) is 0 Å². The smallest absolute Gasteiger partial charge is 0.260 e. The van der Waals surface area contributed by atoms with Gasteiger partial charge in [0.1, 0.15) is 0 Å². The molecule has 1 saturated heterocycles. The molecule has 0 aliphatic carbocycles. The molecule has 2 heterocycles. The molecule has 140 valence electrons. The van der Waals surface area contributed by atoms with Crippen molar-refractivity contribution >= 4 is 52.0 Å². The third-order valence-corrected chi connectivity index (χ3v) is 4.73. The largest absolute Gasteiger partial charge is 0.490 e. The summed E-state index contributed by atoms with van der Waals surface area (Å²) in [6, 6.07) is 4.87. The average molecular weight is 427 g/mol. The molecule has 1 aromatic carbocycles. The Balaban J connectivity index is 1.85. The summed E-state index contributed by atoms with van der Waals surface area (Å²) in [6.45, 7) is 2.15. The van der Waals surface area contributed by atoms with Crippen LogP contribution >= 0.6 is 35.6 Å². The van der Waals surface area contributed by atoms with Gasteiger partial charge in [-0.3, -0.25) is 4.79 Å². The molecule has 11 heteroatoms. The van der Waals surface area contributed by atoms with Gasteiger partial charge in [0.05, 0.1) is 24.8 Å². The second-order valence-corrected chi connectivity index (χ2v) is 6.99. The van der Waals surface area contributed by atoms with E-state index in [1.807, 2.05) is 0 Å². The van der Waals surface area contributed by atoms with Crippen LogP contribution in [-0.4, -0.2) is 43.8 Å². The lowest BCUT2D eigenvalue weighted by atomic mass is 10.2. The number of ether oxygens (including phenoxy) is 2. The first kappa shape index (κ1) is 19.5. The molecule has 0 bridgehead atoms. The molecule has 1 aromatic heterocycles. The number of aromatic nitrogens is 2. The van der Waals surface area contributed by atoms with Gasteiger partial charge in [0, 0.05) is 0 Å². The van der Waals surface area contributed by atoms with Crippen LogP contribution in [0, 0.1) is 5.82 Å². The minimum atomic E-state index is -0.758. The van der Waals surface area contributed by atoms with Gasteiger partial charge in [-0.05, 0) is 42.3 Å². The summed E-state index contributed by atoms with van der Waals surface area (Å²) < 4.78 is 25.2. The normalized spacial score (nSPS) is 14.3. The number of hydrogen-bond donors (Lipinski definition) is 0. The Bertz CT molecular complexity index is 913. The summed E-state index contributed by atoms with van der Waals surface area (Å²) in [7, 11) is 0. The number of benzene rings is 1. The number of carbonyl (C=O) groups is 1. The van der Waals surface area contributed by atoms with Crippen LogP contribution in [0.2, 0.25) is 5.28 Å². The van der Waals surface area contributed by atoms with Crippen LogP contribution in [0.1, 0.15) is 12.5 Å². The van der Waals surface area contributed by atoms with Crippen LogP contribution in [0.25, 0.3) is 0 Å². The minimum Gasteiger partial charge on any atom is -0.490 e. The lowest BCUT2D eigenvalue weighted by Gasteiger charge is -2.12. The highest BCUT2D eigenvalue weighted by atomic mass is 35.5. The van der Waals surface area contributed by atoms with Crippen molar-refractivity contribution in [3.63, 3.8) is 0 Å². The standard InChI is InChI=1S/C16H12ClFN4O3S2/c1-2-24-12-5-9(6-20-22-13(23)8-27-16(22)26)3-4-11(12)25-14-10(18)7-19-15(17)21-14/h3-7H,2,8H2,1H3/b20-6+. The Morgan fingerprint density at radius 2 is 2.30 bits per heavy atom. The van der Waals surface area contributed by atoms with Crippen molar-refractivity contribution in [3.8, 4) is 17.4 Å². The first-order valence-electron chi connectivity index (χ1n) is 7.64. The van der Waals surface area contributed by atoms with Gasteiger partial charge >= 0.3 is 0 Å². The second kappa shape index (κ2) is 8.59. The fourth-order valence-corrected chi connectivity index (χ4v) is 3.14. The van der Waals surface area contributed by atoms with Gasteiger partial charge in [0.2, 0.25) is 11.1 Å². The number of nitrogens with zero attached hydrogens (tertiary/aromatic N) is 4. The summed E-state index contributed by atoms with van der Waals surface area (Å²) in [5.74, 6) is -0.387. The van der Waals surface area contributed by atoms with Gasteiger partial charge < -0.3 is 9.47 Å². The molecule has 0 spiro atoms. The number of carbonyl (C=O) groups excluding carboxylic acids is 1. The van der Waals surface area contributed by atoms with Gasteiger partial charge in [-0.15, -0.1) is 0 Å². The molecule has 7 nitrogen and oxygen atoms in total. The Labute approximate surface area is 168 Å². The zero-order valence-electron chi connectivity index (χ0n) is 13.9. The summed E-state index contributed by atoms with van der Waals surface area (Å²) in [6.07, 6.45) is 2.39. The molecule has 1 fully saturated rings. The van der Waals surface area contributed by atoms with Crippen LogP contribution in [-0.2, 0) is 4.79 Å². The van der Waals surface area contributed by atoms with E-state index < -0.39 is 5.82 Å². The van der Waals surface area contributed by atoms with Crippen LogP contribution in [0.4, 0.5) is 4.39 Å². The van der Waals surface area contributed by atoms with Crippen LogP contribution in [0.5, 0.6) is 17.4 Å². The van der Waals surface area contributed by atoms with Gasteiger partial charge in [-0.25, -0.2) is 4.98 Å². The minimum absolute atomic E-state index is 0.141. The van der Waals surface area contributed by atoms with Crippen molar-refractivity contribution in [2.75, 3.05) is 12.4 Å². The lowest BCUT2D eigenvalue weighted by Crippen LogP contribution is -2.22. The molecule has 1 amide bonds. The number of rotatable bonds is 6. The monoisotopic (exact) mass is 426 g/mol. The summed E-state index contributed by atoms with van der Waals surface area (Å²) in [5.41, 5.74) is 0.638. The Kier molecular flexibility index (Phi) is 6.19. The highest BCUT2D eigenvalue weighted by Crippen LogP contribution is 2.33. The Morgan fingerprint density at radius 3 is 3.00 bits per heavy atom. The van der Waals surface area contributed by atoms with E-state index in [0.29, 0.717) is 22.2 Å². The van der Waals surface area contributed by atoms with Crippen molar-refractivity contribution < 1.29 is 18.7 Å². The van der Waals surface area contributed by atoms with Gasteiger partial charge in [0.25, 0.3) is 11.8 Å². The molecule has 1 aliphatic heterocycles. The fourth-order valence-electron chi connectivity index (χ4n) is 2.05. The molecule has 0 N–H and O–H groups in total. The van der Waals surface area contributed by atoms with Crippen molar-refractivity contribution in [3.05, 3.63) is 41.1 Å². The summed E-state index contributed by atoms with van der Waals surface area (Å²) in [4.78, 5) is 18.9. The van der Waals surface area contributed by atoms with Crippen molar-refractivity contribution in [1.82, 2.24) is 15.0 Å². The molecule has 0 atom stereocenters. The number of thioether (sulfide) groups is 1. The first-order valence-corrected chi connectivity index (χ1v) is 9.41. The zero-order chi connectivity index (χ0) is 19.4. The predicted molar refractivity (Wildman–Crippen MR) is 104 cm³/mol. The van der Waals surface area contributed by atoms with Crippen molar-refractivity contribution in [2.24, 2.45) is 5.10 Å². The van der Waals surface area contributed by atoms with Gasteiger partial charge in [-0.1, -0.05) is 24.0 Å². The van der Waals surface area contributed by atoms with E-state index in [9.17, 15) is 9.18 Å². The first-order chi connectivity index (χ1) is 13.0. The predicted octanol–water partition coefficient (Wildman–Crippen LogP) is 3.65. The van der Waals surface area contributed by atoms with E-state index in [1.54, 1.807) is 25.1 Å². The molecule has 3 rings (SSSR count). The number of hydrogen-bond acceptors (Lipinski definition) is 8. The maximum atomic E-state index is 13.8. The van der Waals surface area contributed by atoms with Gasteiger partial charge in [-0.2, -0.15) is 19.5 Å². The quantitative estimate of drug-likeness (QED) is 0.396. The van der Waals surface area contributed by atoms with E-state index in [4.69, 9.17) is 33.3 Å². The van der Waals surface area contributed by atoms with E-state index in [0.717, 1.165) is 6.20 Å². The molecular weight excluding hydrogens is 415 g/mol. The molecule has 27 heavy (non-hydrogen) atoms. The lowest BCUT2D eigenvalue weighted by molar-refractivity contribution is -0.123. The third kappa shape index (κ3) is 4.71. The third-order valence-electron chi connectivity index (χ3n) is 3.21. The summed E-state index contributed by atoms with van der Waals surface area (Å²) in [5, 5.41) is 5.13. The average Bonchev–Trinajstić information content (AvgIpc) is 2.96. The number of hydrazone groups is 1. The van der Waals surface area contributed by atoms with E-state index >= 15 is 0 Å². The van der Waals surface area contributed by atoms with E-state index in [1.165, 1.54) is 23.0 Å². The molecular formula is C16H12ClFN4O3S2. The topological polar surface area (TPSA) is 76.9 Å². The Morgan fingerprint density at radius 1 is 1.48 bits per heavy atom. The van der Waals surface area contributed by atoms with Crippen LogP contribution < -0.4 is 9.47 Å². The maximum absolute atomic E-state index is 13.8. The van der Waals surface area contributed by atoms with E-state index in [-0.39, 0.29) is 28.6 Å². The van der Waals surface area contributed by atoms with Crippen LogP contribution in [0.3, 0.4) is 0 Å². The van der Waals surface area contributed by atoms with Gasteiger partial charge in [0.15, 0.2) is 15.8 Å². The fraction of sp³-hybridized carbons (Fsp3) is 0.188. The summed E-state index contributed by atoms with van der Waals surface area (Å²) >= 11 is 12.0. The molecule has 0 saturated carbocycles. The van der Waals surface area contributed by atoms with Crippen molar-refractivity contribution in [2.45, 2.75) is 6.92 Å². The zero-order valence-corrected chi connectivity index (χ0v) is 16.3. The Hall–Kier alpha value is -2.30. The molecule has 1 aliphatic rings. The molecule has 0 unspecified atom stereocenters. The van der Waals surface area contributed by atoms with Crippen LogP contribution in [0.15, 0.2) is 29.5 Å². The second-order valence-electron chi connectivity index (χ2n) is 5.04. The number of amides is 1. The maximum Gasteiger partial charge on any atom is 0.260 e. The van der Waals surface area contributed by atoms with E-state index in [2.05, 4.69) is 15.1 Å². The highest BCUT2D eigenvalue weighted by molar-refractivity contribution is 8.23. The molecule has 0 radical (unpaired) electrons. The highest BCUT2D eigenvalue weighted by Gasteiger charge is 2.26. The SMILES string of the molecule is CCOc1cc(/C=N/N2C(=O)CSC2=S)ccc1Oc1nc(Cl)ncc1F.